The zero-order chi connectivity index (χ0) is 69.9. The molecule has 2 amide bonds. The van der Waals surface area contributed by atoms with Gasteiger partial charge >= 0.3 is 5.97 Å². The predicted molar refractivity (Wildman–Crippen MR) is 386 cm³/mol. The van der Waals surface area contributed by atoms with Crippen molar-refractivity contribution in [2.24, 2.45) is 0 Å². The molecule has 28 heteroatoms. The van der Waals surface area contributed by atoms with E-state index in [-0.39, 0.29) is 99.9 Å². The summed E-state index contributed by atoms with van der Waals surface area (Å²) in [5, 5.41) is 16.5. The first-order chi connectivity index (χ1) is 46.5. The molecule has 6 aromatic carbocycles. The van der Waals surface area contributed by atoms with Crippen LogP contribution < -0.4 is 20.1 Å². The van der Waals surface area contributed by atoms with Gasteiger partial charge in [0.2, 0.25) is 11.8 Å². The lowest BCUT2D eigenvalue weighted by molar-refractivity contribution is -0.137. The summed E-state index contributed by atoms with van der Waals surface area (Å²) in [5.41, 5.74) is 6.61. The van der Waals surface area contributed by atoms with E-state index < -0.39 is 53.8 Å². The summed E-state index contributed by atoms with van der Waals surface area (Å²) >= 11 is 19.7. The molecule has 0 saturated carbocycles. The van der Waals surface area contributed by atoms with E-state index in [0.29, 0.717) is 99.5 Å². The van der Waals surface area contributed by atoms with Gasteiger partial charge in [-0.25, -0.2) is 37.5 Å². The number of alkyl halides is 2. The number of Topliss-reactive ketones (excluding diaryl/α,β-unsaturated/α-hetero) is 3. The van der Waals surface area contributed by atoms with Crippen LogP contribution in [0.1, 0.15) is 64.6 Å². The number of fused-ring (bicyclic) bond motifs is 2. The molecule has 2 fully saturated rings. The summed E-state index contributed by atoms with van der Waals surface area (Å²) in [6, 6.07) is 28.5. The number of carboxylic acid groups (broad SMARTS) is 1. The number of carbonyl (C=O) groups excluding carboxylic acids is 5. The maximum atomic E-state index is 15.6. The molecule has 18 nitrogen and oxygen atoms in total. The second-order valence-corrected chi connectivity index (χ2v) is 23.6. The average molecular weight is 1470 g/mol. The third-order valence-electron chi connectivity index (χ3n) is 16.3. The number of methoxy groups -OCH3 is 2. The van der Waals surface area contributed by atoms with Crippen LogP contribution >= 0.6 is 49.1 Å². The fourth-order valence-electron chi connectivity index (χ4n) is 11.6. The Morgan fingerprint density at radius 3 is 1.56 bits per heavy atom. The standard InChI is InChI=1S/C35H30ClF2N5O4.C18H16ClF2NO.C18H17N3O4.ClH.S2.H2S/c1-19(44)27-17-42(30-13-32(47-3)25(12-26(27)30)21-14-39-20(2)40-15-21)18-33(45)43-16-22(37)11-31(43)35(46)41-29-10-6-8-24(34(29)38)23-7-4-5-9-28(23)36;19-15-7-2-1-5-13(15)14-6-3-4-11(18(14)21)8-17(23)16-9-12(20)10-22-16;1-10(22)15-8-21(9-18(23)24)16-5-17(25-3)13(4-14(15)16)12-6-19-11(2)20-7-12;;1-2;/h4-10,12-15,17,22,31H,11,16,18H2,1-3H3,(H,41,46);1-7,12,16,22H,8-10H2;4-8H,9H2,1-3H3,(H,23,24);1H;;1H2/t22-,31+;12-,16+;;;;/m11..../s1. The van der Waals surface area contributed by atoms with Crippen molar-refractivity contribution in [3.05, 3.63) is 196 Å². The van der Waals surface area contributed by atoms with Crippen molar-refractivity contribution >= 4 is 134 Å². The van der Waals surface area contributed by atoms with E-state index >= 15 is 4.39 Å². The zero-order valence-electron chi connectivity index (χ0n) is 54.0. The minimum atomic E-state index is -1.46. The molecular formula is C71H66Cl3F4N9O9S3. The molecular weight excluding hydrogens is 1400 g/mol. The van der Waals surface area contributed by atoms with E-state index in [4.69, 9.17) is 37.8 Å². The van der Waals surface area contributed by atoms with E-state index in [1.807, 2.05) is 6.07 Å². The largest absolute Gasteiger partial charge is 0.496 e. The van der Waals surface area contributed by atoms with Crippen LogP contribution in [0, 0.1) is 25.5 Å². The summed E-state index contributed by atoms with van der Waals surface area (Å²) in [6.07, 6.45) is 7.20. The maximum absolute atomic E-state index is 15.6. The number of ether oxygens (including phenoxy) is 2. The number of nitrogens with one attached hydrogen (secondary N) is 2. The van der Waals surface area contributed by atoms with Gasteiger partial charge in [-0.1, -0.05) is 89.9 Å². The molecule has 3 N–H and O–H groups in total. The number of hydrogen-bond acceptors (Lipinski definition) is 15. The highest BCUT2D eigenvalue weighted by molar-refractivity contribution is 8.07. The Kier molecular flexibility index (Phi) is 27.0. The van der Waals surface area contributed by atoms with Gasteiger partial charge in [-0.2, -0.15) is 13.5 Å². The van der Waals surface area contributed by atoms with E-state index in [2.05, 4.69) is 52.9 Å². The normalized spacial score (nSPS) is 15.2. The second-order valence-electron chi connectivity index (χ2n) is 22.8. The first-order valence-electron chi connectivity index (χ1n) is 30.1. The fraction of sp³-hybridized carbons (Fsp3) is 0.239. The minimum Gasteiger partial charge on any atom is -0.496 e. The number of benzene rings is 6. The first-order valence-corrected chi connectivity index (χ1v) is 32.2. The van der Waals surface area contributed by atoms with Gasteiger partial charge in [0, 0.05) is 174 Å². The lowest BCUT2D eigenvalue weighted by Crippen LogP contribution is -2.44. The summed E-state index contributed by atoms with van der Waals surface area (Å²) in [6.45, 7) is 5.80. The van der Waals surface area contributed by atoms with Crippen molar-refractivity contribution in [1.82, 2.24) is 39.3 Å². The smallest absolute Gasteiger partial charge is 0.323 e. The molecule has 0 bridgehead atoms. The Hall–Kier alpha value is -9.08. The molecule has 12 rings (SSSR count). The monoisotopic (exact) mass is 1470 g/mol. The quantitative estimate of drug-likeness (QED) is 0.0568. The number of aryl methyl sites for hydroxylation is 2. The van der Waals surface area contributed by atoms with Crippen molar-refractivity contribution in [3.63, 3.8) is 0 Å². The van der Waals surface area contributed by atoms with E-state index in [9.17, 15) is 41.9 Å². The van der Waals surface area contributed by atoms with Gasteiger partial charge in [-0.15, -0.1) is 12.4 Å². The predicted octanol–water partition coefficient (Wildman–Crippen LogP) is 13.8. The summed E-state index contributed by atoms with van der Waals surface area (Å²) in [4.78, 5) is 93.2. The number of amides is 2. The van der Waals surface area contributed by atoms with Gasteiger partial charge < -0.3 is 39.2 Å². The third kappa shape index (κ3) is 17.9. The van der Waals surface area contributed by atoms with Crippen LogP contribution in [0.3, 0.4) is 0 Å². The molecule has 2 aliphatic rings. The van der Waals surface area contributed by atoms with Crippen molar-refractivity contribution in [2.45, 2.75) is 84.5 Å². The number of carbonyl (C=O) groups is 6. The Balaban J connectivity index is 0.000000224. The van der Waals surface area contributed by atoms with Crippen LogP contribution in [0.2, 0.25) is 10.0 Å². The van der Waals surface area contributed by atoms with Crippen LogP contribution in [-0.4, -0.2) is 126 Å². The topological polar surface area (TPSA) is 230 Å². The average Bonchev–Trinajstić information content (AvgIpc) is 1.66. The van der Waals surface area contributed by atoms with Crippen molar-refractivity contribution in [3.8, 4) is 56.0 Å². The van der Waals surface area contributed by atoms with Gasteiger partial charge in [0.05, 0.1) is 43.5 Å². The van der Waals surface area contributed by atoms with Gasteiger partial charge in [0.1, 0.15) is 60.4 Å². The molecule has 99 heavy (non-hydrogen) atoms. The van der Waals surface area contributed by atoms with Crippen molar-refractivity contribution in [1.29, 1.82) is 0 Å². The SMILES string of the molecule is COc1cc2c(cc1-c1cnc(C)nc1)c(C(C)=O)cn2CC(=O)N1C[C@H](F)C[C@H]1C(=O)Nc1cccc(-c2ccccc2Cl)c1F.COc1cc2c(cc1-c1cnc(C)nc1)c(C(C)=O)cn2CC(=O)O.Cl.O=C(Cc1cccc(-c2ccccc2Cl)c1F)[C@@H]1C[C@@H](F)CN1.S.S=S. The Morgan fingerprint density at radius 1 is 0.636 bits per heavy atom. The highest BCUT2D eigenvalue weighted by Gasteiger charge is 2.40. The van der Waals surface area contributed by atoms with Crippen LogP contribution in [0.5, 0.6) is 11.5 Å². The highest BCUT2D eigenvalue weighted by atomic mass is 35.5. The number of likely N-dealkylation sites (tertiary alicyclic amines) is 1. The fourth-order valence-corrected chi connectivity index (χ4v) is 12.1. The first kappa shape index (κ1) is 77.3. The molecule has 0 aliphatic carbocycles. The van der Waals surface area contributed by atoms with Gasteiger partial charge in [0.15, 0.2) is 23.2 Å². The van der Waals surface area contributed by atoms with Crippen LogP contribution in [0.15, 0.2) is 146 Å². The lowest BCUT2D eigenvalue weighted by atomic mass is 9.97. The molecule has 516 valence electrons. The Morgan fingerprint density at radius 2 is 1.10 bits per heavy atom. The number of rotatable bonds is 17. The van der Waals surface area contributed by atoms with Crippen molar-refractivity contribution < 1.29 is 60.9 Å². The molecule has 0 radical (unpaired) electrons. The zero-order valence-corrected chi connectivity index (χ0v) is 58.9. The van der Waals surface area contributed by atoms with Gasteiger partial charge in [-0.05, 0) is 63.6 Å². The molecule has 2 saturated heterocycles. The van der Waals surface area contributed by atoms with E-state index in [1.54, 1.807) is 153 Å². The van der Waals surface area contributed by atoms with Crippen LogP contribution in [0.25, 0.3) is 66.3 Å². The maximum Gasteiger partial charge on any atom is 0.323 e. The number of aliphatic carboxylic acids is 1. The van der Waals surface area contributed by atoms with Crippen molar-refractivity contribution in [2.75, 3.05) is 32.6 Å². The number of ketones is 3. The molecule has 0 unspecified atom stereocenters. The van der Waals surface area contributed by atoms with E-state index in [1.165, 1.54) is 38.7 Å². The molecule has 6 heterocycles. The number of nitrogens with zero attached hydrogens (tertiary/aromatic N) is 7. The number of hydrogen-bond donors (Lipinski definition) is 3. The second kappa shape index (κ2) is 34.6. The molecule has 10 aromatic rings. The minimum absolute atomic E-state index is 0. The number of halogens is 7. The van der Waals surface area contributed by atoms with Crippen LogP contribution in [-0.2, 0) is 61.1 Å². The molecule has 4 atom stereocenters. The summed E-state index contributed by atoms with van der Waals surface area (Å²) in [7, 11) is 3.04. The lowest BCUT2D eigenvalue weighted by Gasteiger charge is -2.24. The molecule has 0 spiro atoms. The Bertz CT molecular complexity index is 4650. The number of carboxylic acids is 1. The Labute approximate surface area is 600 Å². The number of anilines is 1. The molecule has 2 aliphatic heterocycles. The number of aromatic nitrogens is 6. The van der Waals surface area contributed by atoms with Crippen LogP contribution in [0.4, 0.5) is 23.2 Å². The summed E-state index contributed by atoms with van der Waals surface area (Å²) in [5.74, 6) is -1.68. The van der Waals surface area contributed by atoms with E-state index in [0.717, 1.165) is 16.0 Å². The third-order valence-corrected chi connectivity index (χ3v) is 17.0. The molecule has 4 aromatic heterocycles. The summed E-state index contributed by atoms with van der Waals surface area (Å²) < 4.78 is 72.5. The highest BCUT2D eigenvalue weighted by Crippen LogP contribution is 2.40. The van der Waals surface area contributed by atoms with Gasteiger partial charge in [-0.3, -0.25) is 28.8 Å². The van der Waals surface area contributed by atoms with Gasteiger partial charge in [0.25, 0.3) is 0 Å².